The van der Waals surface area contributed by atoms with E-state index in [0.29, 0.717) is 12.2 Å². The molecule has 0 heterocycles. The first-order chi connectivity index (χ1) is 8.31. The zero-order valence-corrected chi connectivity index (χ0v) is 10.3. The van der Waals surface area contributed by atoms with Crippen LogP contribution in [-0.4, -0.2) is 27.8 Å². The maximum absolute atomic E-state index is 10.9. The van der Waals surface area contributed by atoms with Crippen molar-refractivity contribution in [2.75, 3.05) is 0 Å². The van der Waals surface area contributed by atoms with Crippen LogP contribution in [0.2, 0.25) is 0 Å². The molecule has 1 aromatic rings. The van der Waals surface area contributed by atoms with Gasteiger partial charge in [-0.15, -0.1) is 0 Å². The SMILES string of the molecule is CC(C)(Oc1ccc(CCC(=O)O)cc1)C(=O)O. The highest BCUT2D eigenvalue weighted by Crippen LogP contribution is 2.19. The van der Waals surface area contributed by atoms with Gasteiger partial charge in [0.15, 0.2) is 5.60 Å². The fraction of sp³-hybridized carbons (Fsp3) is 0.385. The van der Waals surface area contributed by atoms with Crippen LogP contribution in [-0.2, 0) is 16.0 Å². The van der Waals surface area contributed by atoms with Gasteiger partial charge in [-0.05, 0) is 38.0 Å². The fourth-order valence-electron chi connectivity index (χ4n) is 1.31. The minimum Gasteiger partial charge on any atom is -0.481 e. The van der Waals surface area contributed by atoms with Gasteiger partial charge in [0.2, 0.25) is 0 Å². The summed E-state index contributed by atoms with van der Waals surface area (Å²) in [5, 5.41) is 17.5. The molecule has 0 saturated heterocycles. The highest BCUT2D eigenvalue weighted by atomic mass is 16.5. The van der Waals surface area contributed by atoms with Crippen molar-refractivity contribution < 1.29 is 24.5 Å². The number of aliphatic carboxylic acids is 2. The Labute approximate surface area is 105 Å². The summed E-state index contributed by atoms with van der Waals surface area (Å²) < 4.78 is 5.33. The average Bonchev–Trinajstić information content (AvgIpc) is 2.27. The molecule has 5 heteroatoms. The Hall–Kier alpha value is -2.04. The molecule has 0 fully saturated rings. The van der Waals surface area contributed by atoms with Crippen molar-refractivity contribution in [1.82, 2.24) is 0 Å². The summed E-state index contributed by atoms with van der Waals surface area (Å²) in [5.74, 6) is -1.44. The summed E-state index contributed by atoms with van der Waals surface area (Å²) in [6.07, 6.45) is 0.513. The van der Waals surface area contributed by atoms with E-state index < -0.39 is 17.5 Å². The van der Waals surface area contributed by atoms with Gasteiger partial charge in [0.1, 0.15) is 5.75 Å². The summed E-state index contributed by atoms with van der Waals surface area (Å²) in [4.78, 5) is 21.3. The molecule has 0 radical (unpaired) electrons. The van der Waals surface area contributed by atoms with E-state index >= 15 is 0 Å². The zero-order valence-electron chi connectivity index (χ0n) is 10.3. The zero-order chi connectivity index (χ0) is 13.8. The molecule has 0 saturated carbocycles. The predicted molar refractivity (Wildman–Crippen MR) is 64.7 cm³/mol. The van der Waals surface area contributed by atoms with Gasteiger partial charge in [-0.3, -0.25) is 4.79 Å². The Kier molecular flexibility index (Phi) is 4.31. The highest BCUT2D eigenvalue weighted by Gasteiger charge is 2.29. The summed E-state index contributed by atoms with van der Waals surface area (Å²) >= 11 is 0. The number of hydrogen-bond donors (Lipinski definition) is 2. The summed E-state index contributed by atoms with van der Waals surface area (Å²) in [5.41, 5.74) is -0.416. The third-order valence-corrected chi connectivity index (χ3v) is 2.44. The van der Waals surface area contributed by atoms with E-state index in [9.17, 15) is 9.59 Å². The Balaban J connectivity index is 2.66. The predicted octanol–water partition coefficient (Wildman–Crippen LogP) is 1.95. The van der Waals surface area contributed by atoms with Crippen molar-refractivity contribution in [1.29, 1.82) is 0 Å². The maximum Gasteiger partial charge on any atom is 0.347 e. The molecule has 0 bridgehead atoms. The lowest BCUT2D eigenvalue weighted by atomic mass is 10.1. The molecule has 0 spiro atoms. The molecule has 0 atom stereocenters. The number of ether oxygens (including phenoxy) is 1. The molecule has 0 amide bonds. The Morgan fingerprint density at radius 2 is 1.72 bits per heavy atom. The molecule has 0 aliphatic heterocycles. The van der Waals surface area contributed by atoms with Crippen molar-refractivity contribution >= 4 is 11.9 Å². The standard InChI is InChI=1S/C13H16O5/c1-13(2,12(16)17)18-10-6-3-9(4-7-10)5-8-11(14)15/h3-4,6-7H,5,8H2,1-2H3,(H,14,15)(H,16,17). The number of rotatable bonds is 6. The van der Waals surface area contributed by atoms with Gasteiger partial charge in [-0.2, -0.15) is 0 Å². The van der Waals surface area contributed by atoms with Crippen LogP contribution in [0.4, 0.5) is 0 Å². The number of carboxylic acid groups (broad SMARTS) is 2. The van der Waals surface area contributed by atoms with E-state index in [4.69, 9.17) is 14.9 Å². The van der Waals surface area contributed by atoms with Crippen LogP contribution in [0, 0.1) is 0 Å². The lowest BCUT2D eigenvalue weighted by molar-refractivity contribution is -0.152. The van der Waals surface area contributed by atoms with Gasteiger partial charge in [0, 0.05) is 6.42 Å². The van der Waals surface area contributed by atoms with Crippen molar-refractivity contribution in [3.05, 3.63) is 29.8 Å². The molecule has 2 N–H and O–H groups in total. The fourth-order valence-corrected chi connectivity index (χ4v) is 1.31. The summed E-state index contributed by atoms with van der Waals surface area (Å²) in [6, 6.07) is 6.75. The number of carboxylic acids is 2. The molecule has 0 unspecified atom stereocenters. The topological polar surface area (TPSA) is 83.8 Å². The lowest BCUT2D eigenvalue weighted by Gasteiger charge is -2.21. The molecule has 0 aliphatic rings. The molecule has 18 heavy (non-hydrogen) atoms. The first-order valence-corrected chi connectivity index (χ1v) is 5.54. The van der Waals surface area contributed by atoms with Crippen LogP contribution < -0.4 is 4.74 Å². The van der Waals surface area contributed by atoms with Gasteiger partial charge in [0.25, 0.3) is 0 Å². The smallest absolute Gasteiger partial charge is 0.347 e. The molecular weight excluding hydrogens is 236 g/mol. The van der Waals surface area contributed by atoms with E-state index in [1.165, 1.54) is 13.8 Å². The Morgan fingerprint density at radius 1 is 1.17 bits per heavy atom. The third-order valence-electron chi connectivity index (χ3n) is 2.44. The largest absolute Gasteiger partial charge is 0.481 e. The second kappa shape index (κ2) is 5.53. The monoisotopic (exact) mass is 252 g/mol. The maximum atomic E-state index is 10.9. The Bertz CT molecular complexity index is 433. The molecule has 1 rings (SSSR count). The number of carbonyl (C=O) groups is 2. The van der Waals surface area contributed by atoms with Crippen molar-refractivity contribution in [3.8, 4) is 5.75 Å². The summed E-state index contributed by atoms with van der Waals surface area (Å²) in [7, 11) is 0. The van der Waals surface area contributed by atoms with E-state index in [-0.39, 0.29) is 6.42 Å². The van der Waals surface area contributed by atoms with E-state index in [1.54, 1.807) is 24.3 Å². The number of aryl methyl sites for hydroxylation is 1. The number of benzene rings is 1. The normalized spacial score (nSPS) is 11.0. The second-order valence-electron chi connectivity index (χ2n) is 4.46. The molecule has 0 aliphatic carbocycles. The molecule has 0 aromatic heterocycles. The first kappa shape index (κ1) is 14.0. The van der Waals surface area contributed by atoms with E-state index in [1.807, 2.05) is 0 Å². The van der Waals surface area contributed by atoms with Crippen LogP contribution >= 0.6 is 0 Å². The second-order valence-corrected chi connectivity index (χ2v) is 4.46. The van der Waals surface area contributed by atoms with Crippen LogP contribution in [0.25, 0.3) is 0 Å². The van der Waals surface area contributed by atoms with Crippen LogP contribution in [0.5, 0.6) is 5.75 Å². The highest BCUT2D eigenvalue weighted by molar-refractivity contribution is 5.76. The quantitative estimate of drug-likeness (QED) is 0.808. The summed E-state index contributed by atoms with van der Waals surface area (Å²) in [6.45, 7) is 2.93. The van der Waals surface area contributed by atoms with Crippen molar-refractivity contribution in [2.24, 2.45) is 0 Å². The molecule has 5 nitrogen and oxygen atoms in total. The van der Waals surface area contributed by atoms with E-state index in [0.717, 1.165) is 5.56 Å². The molecule has 1 aromatic carbocycles. The lowest BCUT2D eigenvalue weighted by Crippen LogP contribution is -2.37. The van der Waals surface area contributed by atoms with Gasteiger partial charge < -0.3 is 14.9 Å². The van der Waals surface area contributed by atoms with Gasteiger partial charge in [0.05, 0.1) is 0 Å². The van der Waals surface area contributed by atoms with Gasteiger partial charge >= 0.3 is 11.9 Å². The minimum atomic E-state index is -1.29. The average molecular weight is 252 g/mol. The molecular formula is C13H16O5. The van der Waals surface area contributed by atoms with Gasteiger partial charge in [-0.25, -0.2) is 4.79 Å². The minimum absolute atomic E-state index is 0.0703. The van der Waals surface area contributed by atoms with Crippen molar-refractivity contribution in [2.45, 2.75) is 32.3 Å². The van der Waals surface area contributed by atoms with Crippen LogP contribution in [0.1, 0.15) is 25.8 Å². The van der Waals surface area contributed by atoms with Crippen molar-refractivity contribution in [3.63, 3.8) is 0 Å². The van der Waals surface area contributed by atoms with E-state index in [2.05, 4.69) is 0 Å². The first-order valence-electron chi connectivity index (χ1n) is 5.54. The third kappa shape index (κ3) is 4.08. The van der Waals surface area contributed by atoms with Crippen LogP contribution in [0.15, 0.2) is 24.3 Å². The van der Waals surface area contributed by atoms with Gasteiger partial charge in [-0.1, -0.05) is 12.1 Å². The molecule has 98 valence electrons. The van der Waals surface area contributed by atoms with Crippen LogP contribution in [0.3, 0.4) is 0 Å². The Morgan fingerprint density at radius 3 is 2.17 bits per heavy atom. The number of hydrogen-bond acceptors (Lipinski definition) is 3.